The highest BCUT2D eigenvalue weighted by atomic mass is 35.5. The van der Waals surface area contributed by atoms with Gasteiger partial charge >= 0.3 is 0 Å². The summed E-state index contributed by atoms with van der Waals surface area (Å²) in [4.78, 5) is 11.6. The second kappa shape index (κ2) is 3.38. The van der Waals surface area contributed by atoms with E-state index >= 15 is 0 Å². The maximum absolute atomic E-state index is 11.6. The van der Waals surface area contributed by atoms with Crippen molar-refractivity contribution in [1.29, 1.82) is 0 Å². The number of hydrogen-bond acceptors (Lipinski definition) is 1. The lowest BCUT2D eigenvalue weighted by atomic mass is 10.2. The number of halogens is 1. The second-order valence-electron chi connectivity index (χ2n) is 4.67. The zero-order valence-electron chi connectivity index (χ0n) is 9.43. The van der Waals surface area contributed by atoms with Crippen LogP contribution in [0.3, 0.4) is 0 Å². The molecule has 0 aliphatic heterocycles. The van der Waals surface area contributed by atoms with Gasteiger partial charge in [0.1, 0.15) is 0 Å². The fraction of sp³-hybridized carbons (Fsp3) is 0.583. The molecule has 1 aromatic rings. The summed E-state index contributed by atoms with van der Waals surface area (Å²) in [7, 11) is 0. The van der Waals surface area contributed by atoms with Crippen molar-refractivity contribution in [3.63, 3.8) is 0 Å². The lowest BCUT2D eigenvalue weighted by molar-refractivity contribution is 0.102. The number of ketones is 1. The van der Waals surface area contributed by atoms with Gasteiger partial charge in [0, 0.05) is 22.5 Å². The van der Waals surface area contributed by atoms with Crippen molar-refractivity contribution < 1.29 is 4.79 Å². The fourth-order valence-corrected chi connectivity index (χ4v) is 2.50. The van der Waals surface area contributed by atoms with Gasteiger partial charge in [0.2, 0.25) is 0 Å². The van der Waals surface area contributed by atoms with E-state index in [4.69, 9.17) is 11.6 Å². The monoisotopic (exact) mass is 225 g/mol. The van der Waals surface area contributed by atoms with E-state index in [2.05, 4.69) is 18.4 Å². The van der Waals surface area contributed by atoms with E-state index in [9.17, 15) is 4.79 Å². The van der Waals surface area contributed by atoms with Crippen molar-refractivity contribution in [3.8, 4) is 0 Å². The molecule has 2 rings (SSSR count). The van der Waals surface area contributed by atoms with Crippen molar-refractivity contribution in [2.45, 2.75) is 39.2 Å². The van der Waals surface area contributed by atoms with Crippen LogP contribution < -0.4 is 0 Å². The van der Waals surface area contributed by atoms with Crippen LogP contribution in [0.25, 0.3) is 0 Å². The average Bonchev–Trinajstić information content (AvgIpc) is 2.84. The summed E-state index contributed by atoms with van der Waals surface area (Å²) < 4.78 is 2.28. The predicted octanol–water partition coefficient (Wildman–Crippen LogP) is 3.04. The van der Waals surface area contributed by atoms with Gasteiger partial charge in [-0.05, 0) is 39.7 Å². The van der Waals surface area contributed by atoms with E-state index < -0.39 is 0 Å². The molecular weight excluding hydrogens is 210 g/mol. The van der Waals surface area contributed by atoms with Crippen LogP contribution in [0.1, 0.15) is 41.5 Å². The Bertz CT molecular complexity index is 416. The quantitative estimate of drug-likeness (QED) is 0.573. The molecule has 15 heavy (non-hydrogen) atoms. The number of rotatable bonds is 3. The Morgan fingerprint density at radius 3 is 2.60 bits per heavy atom. The lowest BCUT2D eigenvalue weighted by Gasteiger charge is -2.17. The van der Waals surface area contributed by atoms with E-state index in [0.29, 0.717) is 0 Å². The third kappa shape index (κ3) is 1.61. The van der Waals surface area contributed by atoms with Gasteiger partial charge < -0.3 is 4.57 Å². The molecule has 1 saturated carbocycles. The molecule has 1 aliphatic rings. The van der Waals surface area contributed by atoms with Gasteiger partial charge in [-0.15, -0.1) is 11.6 Å². The number of hydrogen-bond donors (Lipinski definition) is 0. The molecule has 0 unspecified atom stereocenters. The Labute approximate surface area is 95.2 Å². The maximum Gasteiger partial charge on any atom is 0.179 e. The molecule has 0 bridgehead atoms. The predicted molar refractivity (Wildman–Crippen MR) is 61.8 cm³/mol. The number of Topliss-reactive ketones (excluding diaryl/α,β-unsaturated/α-hetero) is 1. The van der Waals surface area contributed by atoms with Crippen molar-refractivity contribution in [2.75, 3.05) is 5.88 Å². The Balaban J connectivity index is 2.49. The summed E-state index contributed by atoms with van der Waals surface area (Å²) >= 11 is 5.59. The summed E-state index contributed by atoms with van der Waals surface area (Å²) in [6.07, 6.45) is 2.41. The van der Waals surface area contributed by atoms with Crippen LogP contribution in [0.2, 0.25) is 0 Å². The molecule has 0 saturated heterocycles. The van der Waals surface area contributed by atoms with Crippen molar-refractivity contribution in [2.24, 2.45) is 0 Å². The molecule has 0 radical (unpaired) electrons. The van der Waals surface area contributed by atoms with Crippen molar-refractivity contribution >= 4 is 17.4 Å². The van der Waals surface area contributed by atoms with Crippen LogP contribution in [0, 0.1) is 13.8 Å². The first kappa shape index (κ1) is 10.7. The average molecular weight is 226 g/mol. The minimum absolute atomic E-state index is 0.0280. The summed E-state index contributed by atoms with van der Waals surface area (Å²) in [6.45, 7) is 6.31. The van der Waals surface area contributed by atoms with E-state index in [-0.39, 0.29) is 17.2 Å². The van der Waals surface area contributed by atoms with Gasteiger partial charge in [-0.25, -0.2) is 0 Å². The molecule has 1 heterocycles. The largest absolute Gasteiger partial charge is 0.343 e. The molecule has 0 spiro atoms. The highest BCUT2D eigenvalue weighted by molar-refractivity contribution is 6.30. The van der Waals surface area contributed by atoms with E-state index in [1.807, 2.05) is 13.0 Å². The number of nitrogens with zero attached hydrogens (tertiary/aromatic N) is 1. The smallest absolute Gasteiger partial charge is 0.179 e. The van der Waals surface area contributed by atoms with Gasteiger partial charge in [-0.2, -0.15) is 0 Å². The van der Waals surface area contributed by atoms with Crippen LogP contribution in [0.5, 0.6) is 0 Å². The number of alkyl halides is 1. The Kier molecular flexibility index (Phi) is 2.42. The molecule has 1 aromatic heterocycles. The molecule has 0 atom stereocenters. The molecule has 0 aromatic carbocycles. The molecule has 1 fully saturated rings. The molecular formula is C12H16ClNO. The lowest BCUT2D eigenvalue weighted by Crippen LogP contribution is -2.16. The number of carbonyl (C=O) groups excluding carboxylic acids is 1. The molecule has 82 valence electrons. The van der Waals surface area contributed by atoms with E-state index in [1.54, 1.807) is 0 Å². The van der Waals surface area contributed by atoms with Gasteiger partial charge in [-0.1, -0.05) is 0 Å². The summed E-state index contributed by atoms with van der Waals surface area (Å²) in [5.41, 5.74) is 3.27. The van der Waals surface area contributed by atoms with Crippen molar-refractivity contribution in [3.05, 3.63) is 23.0 Å². The molecule has 0 N–H and O–H groups in total. The van der Waals surface area contributed by atoms with Crippen LogP contribution in [-0.4, -0.2) is 16.2 Å². The zero-order chi connectivity index (χ0) is 11.2. The SMILES string of the molecule is Cc1cc(C(=O)CCl)c(C)n1C1(C)CC1. The van der Waals surface area contributed by atoms with E-state index in [0.717, 1.165) is 11.3 Å². The zero-order valence-corrected chi connectivity index (χ0v) is 10.2. The summed E-state index contributed by atoms with van der Waals surface area (Å²) in [6, 6.07) is 1.96. The van der Waals surface area contributed by atoms with Crippen molar-refractivity contribution in [1.82, 2.24) is 4.57 Å². The number of aryl methyl sites for hydroxylation is 1. The Hall–Kier alpha value is -0.760. The first-order chi connectivity index (χ1) is 6.99. The summed E-state index contributed by atoms with van der Waals surface area (Å²) in [5, 5.41) is 0. The first-order valence-corrected chi connectivity index (χ1v) is 5.81. The third-order valence-corrected chi connectivity index (χ3v) is 3.61. The normalized spacial score (nSPS) is 17.9. The summed E-state index contributed by atoms with van der Waals surface area (Å²) in [5.74, 6) is 0.0985. The van der Waals surface area contributed by atoms with Gasteiger partial charge in [0.05, 0.1) is 5.88 Å². The second-order valence-corrected chi connectivity index (χ2v) is 4.94. The Morgan fingerprint density at radius 1 is 1.53 bits per heavy atom. The third-order valence-electron chi connectivity index (χ3n) is 3.37. The van der Waals surface area contributed by atoms with E-state index in [1.165, 1.54) is 18.5 Å². The van der Waals surface area contributed by atoms with Gasteiger partial charge in [0.15, 0.2) is 5.78 Å². The first-order valence-electron chi connectivity index (χ1n) is 5.28. The molecule has 1 aliphatic carbocycles. The van der Waals surface area contributed by atoms with Crippen LogP contribution in [0.15, 0.2) is 6.07 Å². The standard InChI is InChI=1S/C12H16ClNO/c1-8-6-10(11(15)7-13)9(2)14(8)12(3)4-5-12/h6H,4-5,7H2,1-3H3. The maximum atomic E-state index is 11.6. The Morgan fingerprint density at radius 2 is 2.13 bits per heavy atom. The highest BCUT2D eigenvalue weighted by Gasteiger charge is 2.41. The van der Waals surface area contributed by atoms with Crippen LogP contribution in [0.4, 0.5) is 0 Å². The van der Waals surface area contributed by atoms with Gasteiger partial charge in [-0.3, -0.25) is 4.79 Å². The van der Waals surface area contributed by atoms with Gasteiger partial charge in [0.25, 0.3) is 0 Å². The highest BCUT2D eigenvalue weighted by Crippen LogP contribution is 2.45. The molecule has 2 nitrogen and oxygen atoms in total. The number of aromatic nitrogens is 1. The molecule has 0 amide bonds. The minimum Gasteiger partial charge on any atom is -0.343 e. The molecule has 3 heteroatoms. The fourth-order valence-electron chi connectivity index (χ4n) is 2.35. The van der Waals surface area contributed by atoms with Crippen LogP contribution in [-0.2, 0) is 5.54 Å². The van der Waals surface area contributed by atoms with Crippen LogP contribution >= 0.6 is 11.6 Å². The number of carbonyl (C=O) groups is 1. The minimum atomic E-state index is 0.0280. The topological polar surface area (TPSA) is 22.0 Å².